The molecule has 0 atom stereocenters. The standard InChI is InChI=1S/C18H21BrN2O4S/c1-12(2)21(3)26(24,25)15-7-4-13(5-8-15)11-20-18(23)16-10-14(19)6-9-17(16)22/h4-10,12,22H,11H2,1-3H3,(H,20,23). The summed E-state index contributed by atoms with van der Waals surface area (Å²) in [5, 5.41) is 12.5. The lowest BCUT2D eigenvalue weighted by molar-refractivity contribution is 0.0948. The molecule has 0 aromatic heterocycles. The van der Waals surface area contributed by atoms with Crippen LogP contribution >= 0.6 is 15.9 Å². The highest BCUT2D eigenvalue weighted by molar-refractivity contribution is 9.10. The number of rotatable bonds is 6. The fourth-order valence-electron chi connectivity index (χ4n) is 2.19. The molecule has 2 N–H and O–H groups in total. The van der Waals surface area contributed by atoms with Gasteiger partial charge in [0.05, 0.1) is 10.5 Å². The van der Waals surface area contributed by atoms with Gasteiger partial charge in [0, 0.05) is 24.1 Å². The first-order chi connectivity index (χ1) is 12.1. The molecule has 0 radical (unpaired) electrons. The summed E-state index contributed by atoms with van der Waals surface area (Å²) in [4.78, 5) is 12.4. The Hall–Kier alpha value is -1.90. The normalized spacial score (nSPS) is 11.8. The summed E-state index contributed by atoms with van der Waals surface area (Å²) < 4.78 is 26.8. The summed E-state index contributed by atoms with van der Waals surface area (Å²) in [6.45, 7) is 3.82. The van der Waals surface area contributed by atoms with Crippen LogP contribution in [0.4, 0.5) is 0 Å². The zero-order valence-corrected chi connectivity index (χ0v) is 17.1. The Morgan fingerprint density at radius 3 is 2.38 bits per heavy atom. The van der Waals surface area contributed by atoms with Crippen LogP contribution in [0.25, 0.3) is 0 Å². The van der Waals surface area contributed by atoms with E-state index < -0.39 is 15.9 Å². The lowest BCUT2D eigenvalue weighted by atomic mass is 10.1. The van der Waals surface area contributed by atoms with Gasteiger partial charge in [-0.1, -0.05) is 28.1 Å². The first-order valence-electron chi connectivity index (χ1n) is 7.96. The van der Waals surface area contributed by atoms with E-state index in [0.29, 0.717) is 4.47 Å². The number of hydrogen-bond acceptors (Lipinski definition) is 4. The third-order valence-corrected chi connectivity index (χ3v) is 6.52. The van der Waals surface area contributed by atoms with Crippen LogP contribution in [-0.2, 0) is 16.6 Å². The Kier molecular flexibility index (Phi) is 6.44. The molecule has 0 saturated heterocycles. The van der Waals surface area contributed by atoms with Gasteiger partial charge in [-0.25, -0.2) is 8.42 Å². The molecule has 2 aromatic rings. The monoisotopic (exact) mass is 440 g/mol. The number of hydrogen-bond donors (Lipinski definition) is 2. The second-order valence-electron chi connectivity index (χ2n) is 6.10. The number of nitrogens with zero attached hydrogens (tertiary/aromatic N) is 1. The van der Waals surface area contributed by atoms with Crippen molar-refractivity contribution < 1.29 is 18.3 Å². The highest BCUT2D eigenvalue weighted by atomic mass is 79.9. The van der Waals surface area contributed by atoms with E-state index in [-0.39, 0.29) is 28.8 Å². The molecule has 0 heterocycles. The largest absolute Gasteiger partial charge is 0.507 e. The molecule has 0 aliphatic heterocycles. The maximum atomic E-state index is 12.4. The Bertz CT molecular complexity index is 896. The van der Waals surface area contributed by atoms with Gasteiger partial charge in [-0.3, -0.25) is 4.79 Å². The number of halogens is 1. The minimum atomic E-state index is -3.53. The van der Waals surface area contributed by atoms with Crippen molar-refractivity contribution in [3.8, 4) is 5.75 Å². The highest BCUT2D eigenvalue weighted by Crippen LogP contribution is 2.22. The maximum absolute atomic E-state index is 12.4. The van der Waals surface area contributed by atoms with Crippen LogP contribution in [0.15, 0.2) is 51.8 Å². The van der Waals surface area contributed by atoms with Crippen LogP contribution in [-0.4, -0.2) is 36.8 Å². The van der Waals surface area contributed by atoms with Crippen molar-refractivity contribution >= 4 is 31.9 Å². The number of benzene rings is 2. The van der Waals surface area contributed by atoms with Gasteiger partial charge < -0.3 is 10.4 Å². The van der Waals surface area contributed by atoms with Crippen molar-refractivity contribution in [2.24, 2.45) is 0 Å². The lowest BCUT2D eigenvalue weighted by Gasteiger charge is -2.21. The predicted octanol–water partition coefficient (Wildman–Crippen LogP) is 3.11. The van der Waals surface area contributed by atoms with E-state index in [4.69, 9.17) is 0 Å². The van der Waals surface area contributed by atoms with Gasteiger partial charge in [-0.15, -0.1) is 0 Å². The Labute approximate surface area is 162 Å². The smallest absolute Gasteiger partial charge is 0.255 e. The van der Waals surface area contributed by atoms with Gasteiger partial charge in [0.1, 0.15) is 5.75 Å². The summed E-state index contributed by atoms with van der Waals surface area (Å²) in [6.07, 6.45) is 0. The van der Waals surface area contributed by atoms with Crippen molar-refractivity contribution in [2.75, 3.05) is 7.05 Å². The van der Waals surface area contributed by atoms with Gasteiger partial charge >= 0.3 is 0 Å². The molecular formula is C18H21BrN2O4S. The van der Waals surface area contributed by atoms with Crippen LogP contribution in [0, 0.1) is 0 Å². The molecule has 6 nitrogen and oxygen atoms in total. The van der Waals surface area contributed by atoms with E-state index in [0.717, 1.165) is 5.56 Å². The molecule has 0 spiro atoms. The maximum Gasteiger partial charge on any atom is 0.255 e. The average Bonchev–Trinajstić information content (AvgIpc) is 2.61. The second kappa shape index (κ2) is 8.20. The molecule has 0 aliphatic carbocycles. The van der Waals surface area contributed by atoms with Gasteiger partial charge in [0.25, 0.3) is 5.91 Å². The second-order valence-corrected chi connectivity index (χ2v) is 9.02. The van der Waals surface area contributed by atoms with Crippen molar-refractivity contribution in [2.45, 2.75) is 31.3 Å². The molecule has 1 amide bonds. The number of aromatic hydroxyl groups is 1. The minimum Gasteiger partial charge on any atom is -0.507 e. The molecule has 0 fully saturated rings. The molecule has 0 bridgehead atoms. The third-order valence-electron chi connectivity index (χ3n) is 3.98. The first-order valence-corrected chi connectivity index (χ1v) is 10.2. The summed E-state index contributed by atoms with van der Waals surface area (Å²) in [5.74, 6) is -0.524. The van der Waals surface area contributed by atoms with Crippen LogP contribution in [0.3, 0.4) is 0 Å². The summed E-state index contributed by atoms with van der Waals surface area (Å²) >= 11 is 3.26. The van der Waals surface area contributed by atoms with E-state index in [9.17, 15) is 18.3 Å². The number of carbonyl (C=O) groups excluding carboxylic acids is 1. The predicted molar refractivity (Wildman–Crippen MR) is 104 cm³/mol. The zero-order chi connectivity index (χ0) is 19.5. The number of nitrogens with one attached hydrogen (secondary N) is 1. The Morgan fingerprint density at radius 2 is 1.81 bits per heavy atom. The van der Waals surface area contributed by atoms with E-state index >= 15 is 0 Å². The van der Waals surface area contributed by atoms with Crippen molar-refractivity contribution in [3.63, 3.8) is 0 Å². The summed E-state index contributed by atoms with van der Waals surface area (Å²) in [7, 11) is -1.99. The van der Waals surface area contributed by atoms with Crippen molar-refractivity contribution in [3.05, 3.63) is 58.1 Å². The molecule has 8 heteroatoms. The third kappa shape index (κ3) is 4.63. The summed E-state index contributed by atoms with van der Waals surface area (Å²) in [6, 6.07) is 10.8. The van der Waals surface area contributed by atoms with Gasteiger partial charge in [0.15, 0.2) is 0 Å². The van der Waals surface area contributed by atoms with Crippen LogP contribution in [0.5, 0.6) is 5.75 Å². The molecule has 0 aliphatic rings. The molecule has 2 aromatic carbocycles. The highest BCUT2D eigenvalue weighted by Gasteiger charge is 2.22. The van der Waals surface area contributed by atoms with Gasteiger partial charge in [0.2, 0.25) is 10.0 Å². The van der Waals surface area contributed by atoms with Gasteiger partial charge in [-0.05, 0) is 49.7 Å². The molecule has 0 saturated carbocycles. The van der Waals surface area contributed by atoms with Crippen molar-refractivity contribution in [1.82, 2.24) is 9.62 Å². The number of sulfonamides is 1. The lowest BCUT2D eigenvalue weighted by Crippen LogP contribution is -2.33. The SMILES string of the molecule is CC(C)N(C)S(=O)(=O)c1ccc(CNC(=O)c2cc(Br)ccc2O)cc1. The molecule has 140 valence electrons. The average molecular weight is 441 g/mol. The quantitative estimate of drug-likeness (QED) is 0.722. The topological polar surface area (TPSA) is 86.7 Å². The van der Waals surface area contributed by atoms with Crippen LogP contribution < -0.4 is 5.32 Å². The molecule has 2 rings (SSSR count). The van der Waals surface area contributed by atoms with Crippen molar-refractivity contribution in [1.29, 1.82) is 0 Å². The fraction of sp³-hybridized carbons (Fsp3) is 0.278. The Morgan fingerprint density at radius 1 is 1.19 bits per heavy atom. The summed E-state index contributed by atoms with van der Waals surface area (Å²) in [5.41, 5.74) is 0.913. The molecule has 0 unspecified atom stereocenters. The molecular weight excluding hydrogens is 420 g/mol. The first kappa shape index (κ1) is 20.4. The number of amides is 1. The van der Waals surface area contributed by atoms with Crippen LogP contribution in [0.1, 0.15) is 29.8 Å². The van der Waals surface area contributed by atoms with Crippen LogP contribution in [0.2, 0.25) is 0 Å². The number of phenolic OH excluding ortho intramolecular Hbond substituents is 1. The minimum absolute atomic E-state index is 0.108. The zero-order valence-electron chi connectivity index (χ0n) is 14.7. The van der Waals surface area contributed by atoms with E-state index in [1.165, 1.54) is 28.6 Å². The van der Waals surface area contributed by atoms with Gasteiger partial charge in [-0.2, -0.15) is 4.31 Å². The van der Waals surface area contributed by atoms with E-state index in [1.807, 2.05) is 0 Å². The van der Waals surface area contributed by atoms with E-state index in [2.05, 4.69) is 21.2 Å². The van der Waals surface area contributed by atoms with E-state index in [1.54, 1.807) is 39.1 Å². The fourth-order valence-corrected chi connectivity index (χ4v) is 3.92. The number of phenols is 1. The number of carbonyl (C=O) groups is 1. The molecule has 26 heavy (non-hydrogen) atoms. The Balaban J connectivity index is 2.08.